The molecule has 2 aliphatic rings. The molecule has 1 unspecified atom stereocenters. The topological polar surface area (TPSA) is 67.3 Å². The van der Waals surface area contributed by atoms with Crippen molar-refractivity contribution in [1.82, 2.24) is 9.97 Å². The lowest BCUT2D eigenvalue weighted by atomic mass is 9.95. The summed E-state index contributed by atoms with van der Waals surface area (Å²) in [5.41, 5.74) is -0.123. The number of fused-ring (bicyclic) bond motifs is 3. The highest BCUT2D eigenvalue weighted by atomic mass is 35.5. The summed E-state index contributed by atoms with van der Waals surface area (Å²) in [5.74, 6) is 0.561. The molecule has 3 rings (SSSR count). The molecule has 90 valence electrons. The van der Waals surface area contributed by atoms with E-state index in [0.29, 0.717) is 31.3 Å². The van der Waals surface area contributed by atoms with Crippen LogP contribution in [0.1, 0.15) is 6.92 Å². The summed E-state index contributed by atoms with van der Waals surface area (Å²) in [7, 11) is 0. The molecule has 6 nitrogen and oxygen atoms in total. The molecule has 1 aromatic heterocycles. The zero-order chi connectivity index (χ0) is 12.0. The molecule has 0 bridgehead atoms. The third-order valence-electron chi connectivity index (χ3n) is 3.17. The number of amides is 1. The molecule has 1 N–H and O–H groups in total. The number of aromatic nitrogens is 2. The van der Waals surface area contributed by atoms with Crippen LogP contribution in [0.15, 0.2) is 6.20 Å². The standard InChI is InChI=1S/C10H11ClN4O2/c1-10-5-17-3-2-15(10)7-6(13-8(10)16)4-12-9(11)14-7/h4H,2-3,5H2,1H3,(H,13,16). The number of hydrogen-bond acceptors (Lipinski definition) is 5. The summed E-state index contributed by atoms with van der Waals surface area (Å²) >= 11 is 5.80. The predicted molar refractivity (Wildman–Crippen MR) is 62.2 cm³/mol. The van der Waals surface area contributed by atoms with Gasteiger partial charge in [-0.25, -0.2) is 4.98 Å². The van der Waals surface area contributed by atoms with Gasteiger partial charge in [0.1, 0.15) is 11.2 Å². The lowest BCUT2D eigenvalue weighted by Gasteiger charge is -2.47. The van der Waals surface area contributed by atoms with Crippen molar-refractivity contribution in [3.8, 4) is 0 Å². The van der Waals surface area contributed by atoms with Gasteiger partial charge in [-0.05, 0) is 18.5 Å². The molecule has 2 aliphatic heterocycles. The van der Waals surface area contributed by atoms with Crippen LogP contribution in [-0.4, -0.2) is 41.2 Å². The molecule has 17 heavy (non-hydrogen) atoms. The van der Waals surface area contributed by atoms with Gasteiger partial charge in [-0.3, -0.25) is 4.79 Å². The Kier molecular flexibility index (Phi) is 2.24. The molecular formula is C10H11ClN4O2. The van der Waals surface area contributed by atoms with E-state index < -0.39 is 5.54 Å². The van der Waals surface area contributed by atoms with Crippen LogP contribution in [0, 0.1) is 0 Å². The molecule has 1 aromatic rings. The Labute approximate surface area is 103 Å². The van der Waals surface area contributed by atoms with Gasteiger partial charge >= 0.3 is 0 Å². The highest BCUT2D eigenvalue weighted by molar-refractivity contribution is 6.28. The Morgan fingerprint density at radius 1 is 1.65 bits per heavy atom. The Morgan fingerprint density at radius 2 is 2.47 bits per heavy atom. The van der Waals surface area contributed by atoms with E-state index in [1.165, 1.54) is 6.20 Å². The largest absolute Gasteiger partial charge is 0.377 e. The van der Waals surface area contributed by atoms with Crippen molar-refractivity contribution in [2.75, 3.05) is 30.0 Å². The maximum Gasteiger partial charge on any atom is 0.252 e. The summed E-state index contributed by atoms with van der Waals surface area (Å²) in [6, 6.07) is 0. The third kappa shape index (κ3) is 1.48. The number of carbonyl (C=O) groups excluding carboxylic acids is 1. The Bertz CT molecular complexity index is 495. The number of nitrogens with one attached hydrogen (secondary N) is 1. The molecule has 0 saturated carbocycles. The highest BCUT2D eigenvalue weighted by Gasteiger charge is 2.47. The molecule has 0 aliphatic carbocycles. The van der Waals surface area contributed by atoms with Crippen LogP contribution in [-0.2, 0) is 9.53 Å². The van der Waals surface area contributed by atoms with Gasteiger partial charge in [0.15, 0.2) is 5.82 Å². The summed E-state index contributed by atoms with van der Waals surface area (Å²) in [6.45, 7) is 3.37. The second kappa shape index (κ2) is 3.54. The fraction of sp³-hybridized carbons (Fsp3) is 0.500. The minimum atomic E-state index is -0.719. The van der Waals surface area contributed by atoms with Gasteiger partial charge in [0.2, 0.25) is 5.28 Å². The number of rotatable bonds is 0. The van der Waals surface area contributed by atoms with E-state index in [9.17, 15) is 4.79 Å². The van der Waals surface area contributed by atoms with Crippen LogP contribution in [0.2, 0.25) is 5.28 Å². The zero-order valence-electron chi connectivity index (χ0n) is 9.23. The molecule has 3 heterocycles. The maximum atomic E-state index is 12.1. The molecule has 1 fully saturated rings. The van der Waals surface area contributed by atoms with Crippen molar-refractivity contribution in [2.24, 2.45) is 0 Å². The minimum absolute atomic E-state index is 0.101. The summed E-state index contributed by atoms with van der Waals surface area (Å²) < 4.78 is 5.38. The molecular weight excluding hydrogens is 244 g/mol. The molecule has 0 radical (unpaired) electrons. The van der Waals surface area contributed by atoms with E-state index in [2.05, 4.69) is 15.3 Å². The van der Waals surface area contributed by atoms with Crippen molar-refractivity contribution in [3.05, 3.63) is 11.5 Å². The first-order chi connectivity index (χ1) is 8.11. The lowest BCUT2D eigenvalue weighted by molar-refractivity contribution is -0.124. The number of morpholine rings is 1. The summed E-state index contributed by atoms with van der Waals surface area (Å²) in [6.07, 6.45) is 1.53. The van der Waals surface area contributed by atoms with Crippen LogP contribution in [0.5, 0.6) is 0 Å². The van der Waals surface area contributed by atoms with Gasteiger partial charge in [-0.2, -0.15) is 4.98 Å². The second-order valence-electron chi connectivity index (χ2n) is 4.31. The van der Waals surface area contributed by atoms with Crippen LogP contribution in [0.4, 0.5) is 11.5 Å². The van der Waals surface area contributed by atoms with Gasteiger partial charge in [0.25, 0.3) is 5.91 Å². The predicted octanol–water partition coefficient (Wildman–Crippen LogP) is 0.677. The van der Waals surface area contributed by atoms with Crippen molar-refractivity contribution in [1.29, 1.82) is 0 Å². The molecule has 0 spiro atoms. The number of anilines is 2. The van der Waals surface area contributed by atoms with Gasteiger partial charge in [-0.1, -0.05) is 0 Å². The van der Waals surface area contributed by atoms with Gasteiger partial charge in [0.05, 0.1) is 19.4 Å². The molecule has 1 atom stereocenters. The molecule has 0 aromatic carbocycles. The number of halogens is 1. The normalized spacial score (nSPS) is 27.2. The van der Waals surface area contributed by atoms with Gasteiger partial charge < -0.3 is 15.0 Å². The Morgan fingerprint density at radius 3 is 3.29 bits per heavy atom. The van der Waals surface area contributed by atoms with Crippen LogP contribution in [0.25, 0.3) is 0 Å². The monoisotopic (exact) mass is 254 g/mol. The van der Waals surface area contributed by atoms with Crippen molar-refractivity contribution in [2.45, 2.75) is 12.5 Å². The van der Waals surface area contributed by atoms with Crippen molar-refractivity contribution in [3.63, 3.8) is 0 Å². The first-order valence-corrected chi connectivity index (χ1v) is 5.68. The smallest absolute Gasteiger partial charge is 0.252 e. The quantitative estimate of drug-likeness (QED) is 0.690. The SMILES string of the molecule is CC12COCCN1c1nc(Cl)ncc1NC2=O. The average Bonchev–Trinajstić information content (AvgIpc) is 2.31. The van der Waals surface area contributed by atoms with Gasteiger partial charge in [0, 0.05) is 6.54 Å². The molecule has 1 saturated heterocycles. The number of carbonyl (C=O) groups is 1. The van der Waals surface area contributed by atoms with Crippen molar-refractivity contribution >= 4 is 29.0 Å². The van der Waals surface area contributed by atoms with E-state index >= 15 is 0 Å². The Balaban J connectivity index is 2.14. The summed E-state index contributed by atoms with van der Waals surface area (Å²) in [4.78, 5) is 22.1. The second-order valence-corrected chi connectivity index (χ2v) is 4.65. The first-order valence-electron chi connectivity index (χ1n) is 5.31. The number of hydrogen-bond donors (Lipinski definition) is 1. The van der Waals surface area contributed by atoms with Gasteiger partial charge in [-0.15, -0.1) is 0 Å². The number of nitrogens with zero attached hydrogens (tertiary/aromatic N) is 3. The molecule has 1 amide bonds. The highest BCUT2D eigenvalue weighted by Crippen LogP contribution is 2.36. The Hall–Kier alpha value is -1.40. The average molecular weight is 255 g/mol. The maximum absolute atomic E-state index is 12.1. The first kappa shape index (κ1) is 10.7. The lowest BCUT2D eigenvalue weighted by Crippen LogP contribution is -2.64. The fourth-order valence-corrected chi connectivity index (χ4v) is 2.31. The van der Waals surface area contributed by atoms with Crippen LogP contribution >= 0.6 is 11.6 Å². The van der Waals surface area contributed by atoms with Crippen molar-refractivity contribution < 1.29 is 9.53 Å². The van der Waals surface area contributed by atoms with Crippen LogP contribution < -0.4 is 10.2 Å². The third-order valence-corrected chi connectivity index (χ3v) is 3.35. The minimum Gasteiger partial charge on any atom is -0.377 e. The van der Waals surface area contributed by atoms with E-state index in [1.807, 2.05) is 11.8 Å². The van der Waals surface area contributed by atoms with E-state index in [4.69, 9.17) is 16.3 Å². The fourth-order valence-electron chi connectivity index (χ4n) is 2.18. The van der Waals surface area contributed by atoms with E-state index in [0.717, 1.165) is 0 Å². The van der Waals surface area contributed by atoms with E-state index in [-0.39, 0.29) is 11.2 Å². The van der Waals surface area contributed by atoms with E-state index in [1.54, 1.807) is 0 Å². The zero-order valence-corrected chi connectivity index (χ0v) is 9.99. The summed E-state index contributed by atoms with van der Waals surface area (Å²) in [5, 5.41) is 2.96. The number of ether oxygens (including phenoxy) is 1. The molecule has 7 heteroatoms. The van der Waals surface area contributed by atoms with Crippen LogP contribution in [0.3, 0.4) is 0 Å².